The topological polar surface area (TPSA) is 256 Å². The molecule has 2 aromatic rings. The summed E-state index contributed by atoms with van der Waals surface area (Å²) in [5, 5.41) is 41.9. The van der Waals surface area contributed by atoms with Crippen LogP contribution in [-0.4, -0.2) is 139 Å². The fraction of sp³-hybridized carbons (Fsp3) is 0.535. The Labute approximate surface area is 363 Å². The highest BCUT2D eigenvalue weighted by atomic mass is 32.2. The molecule has 17 nitrogen and oxygen atoms in total. The van der Waals surface area contributed by atoms with Crippen LogP contribution in [0.4, 0.5) is 11.4 Å². The van der Waals surface area contributed by atoms with Gasteiger partial charge in [-0.15, -0.1) is 0 Å². The first-order chi connectivity index (χ1) is 29.1. The number of aliphatic hydroxyl groups excluding tert-OH is 4. The molecule has 2 aromatic carbocycles. The second-order valence-corrected chi connectivity index (χ2v) is 19.3. The Morgan fingerprint density at radius 3 is 2.29 bits per heavy atom. The number of ether oxygens (including phenoxy) is 3. The molecular formula is C43H59N3O14S2. The highest BCUT2D eigenvalue weighted by molar-refractivity contribution is 7.86. The summed E-state index contributed by atoms with van der Waals surface area (Å²) in [6, 6.07) is 9.04. The van der Waals surface area contributed by atoms with Crippen molar-refractivity contribution >= 4 is 43.2 Å². The molecule has 0 spiro atoms. The van der Waals surface area contributed by atoms with E-state index in [1.54, 1.807) is 12.1 Å². The number of amides is 1. The lowest BCUT2D eigenvalue weighted by Crippen LogP contribution is -2.59. The van der Waals surface area contributed by atoms with Gasteiger partial charge in [0.15, 0.2) is 12.0 Å². The predicted octanol–water partition coefficient (Wildman–Crippen LogP) is 2.54. The Morgan fingerprint density at radius 2 is 1.61 bits per heavy atom. The number of anilines is 1. The van der Waals surface area contributed by atoms with E-state index in [0.29, 0.717) is 25.9 Å². The number of carbonyl (C=O) groups excluding carboxylic acids is 1. The molecule has 5 atom stereocenters. The molecule has 6 N–H and O–H groups in total. The molecule has 1 saturated heterocycles. The van der Waals surface area contributed by atoms with Gasteiger partial charge in [0.25, 0.3) is 10.1 Å². The van der Waals surface area contributed by atoms with E-state index >= 15 is 0 Å². The maximum atomic E-state index is 12.5. The number of hydrogen-bond donors (Lipinski definition) is 6. The number of aliphatic hydroxyl groups is 4. The van der Waals surface area contributed by atoms with Gasteiger partial charge in [0.1, 0.15) is 41.1 Å². The Bertz CT molecular complexity index is 2290. The lowest BCUT2D eigenvalue weighted by molar-refractivity contribution is -0.438. The van der Waals surface area contributed by atoms with E-state index in [9.17, 15) is 51.2 Å². The van der Waals surface area contributed by atoms with Crippen molar-refractivity contribution in [3.63, 3.8) is 0 Å². The summed E-state index contributed by atoms with van der Waals surface area (Å²) < 4.78 is 87.6. The number of allylic oxidation sites excluding steroid dienone is 6. The van der Waals surface area contributed by atoms with Gasteiger partial charge in [-0.3, -0.25) is 9.35 Å². The van der Waals surface area contributed by atoms with Crippen LogP contribution in [0.5, 0.6) is 0 Å². The molecule has 342 valence electrons. The van der Waals surface area contributed by atoms with Gasteiger partial charge in [0, 0.05) is 60.4 Å². The highest BCUT2D eigenvalue weighted by Gasteiger charge is 2.46. The zero-order valence-electron chi connectivity index (χ0n) is 35.6. The maximum Gasteiger partial charge on any atom is 0.294 e. The SMILES string of the molecule is CCN1C(=CC=CC=CC2=[N+](CCCCCC(=O)NCCOCCOC3O[C@H](CO)[C@H](O)[C@H](O)[C@H]3O)c3ccc(S(=O)(=O)O)cc3C2(C)C)C(C)(C)c2cc(S(=O)(=O)[O-])ccc21. The van der Waals surface area contributed by atoms with Gasteiger partial charge in [-0.25, -0.2) is 8.42 Å². The average molecular weight is 906 g/mol. The van der Waals surface area contributed by atoms with Crippen LogP contribution in [0.15, 0.2) is 82.3 Å². The predicted molar refractivity (Wildman–Crippen MR) is 228 cm³/mol. The average Bonchev–Trinajstić information content (AvgIpc) is 3.56. The minimum atomic E-state index is -4.62. The van der Waals surface area contributed by atoms with Crippen LogP contribution in [0.2, 0.25) is 0 Å². The first-order valence-corrected chi connectivity index (χ1v) is 23.5. The Balaban J connectivity index is 1.16. The third-order valence-corrected chi connectivity index (χ3v) is 13.3. The third-order valence-electron chi connectivity index (χ3n) is 11.6. The monoisotopic (exact) mass is 905 g/mol. The van der Waals surface area contributed by atoms with Crippen molar-refractivity contribution in [2.24, 2.45) is 0 Å². The number of carbonyl (C=O) groups is 1. The summed E-state index contributed by atoms with van der Waals surface area (Å²) in [5.41, 5.74) is 3.75. The molecule has 62 heavy (non-hydrogen) atoms. The van der Waals surface area contributed by atoms with Gasteiger partial charge in [0.05, 0.1) is 41.6 Å². The van der Waals surface area contributed by atoms with Crippen molar-refractivity contribution in [3.05, 3.63) is 83.6 Å². The van der Waals surface area contributed by atoms with Crippen molar-refractivity contribution in [3.8, 4) is 0 Å². The van der Waals surface area contributed by atoms with Crippen molar-refractivity contribution in [1.29, 1.82) is 0 Å². The summed E-state index contributed by atoms with van der Waals surface area (Å²) in [4.78, 5) is 14.1. The van der Waals surface area contributed by atoms with E-state index in [4.69, 9.17) is 14.2 Å². The molecule has 1 amide bonds. The summed E-state index contributed by atoms with van der Waals surface area (Å²) in [7, 11) is -9.07. The van der Waals surface area contributed by atoms with E-state index in [1.165, 1.54) is 24.3 Å². The molecule has 1 unspecified atom stereocenters. The van der Waals surface area contributed by atoms with Crippen LogP contribution >= 0.6 is 0 Å². The molecule has 3 aliphatic heterocycles. The van der Waals surface area contributed by atoms with Crippen molar-refractivity contribution < 1.29 is 69.9 Å². The first kappa shape index (κ1) is 49.2. The van der Waals surface area contributed by atoms with Gasteiger partial charge in [0.2, 0.25) is 11.6 Å². The molecule has 0 radical (unpaired) electrons. The van der Waals surface area contributed by atoms with Crippen LogP contribution in [0, 0.1) is 0 Å². The van der Waals surface area contributed by atoms with Crippen LogP contribution in [0.3, 0.4) is 0 Å². The standard InChI is InChI=1S/C43H59N3O14S2/c1-6-45-32-18-16-28(61(52,53)54)25-30(32)42(2,3)35(45)13-9-7-10-14-36-43(4,5)31-26-29(62(55,56)57)17-19-33(31)46(36)21-12-8-11-15-37(48)44-20-22-58-23-24-59-41-40(51)39(50)38(49)34(27-47)60-41/h7,9-10,13-14,16-19,25-26,34,38-41,47,49-51H,6,8,11-12,15,20-24,27H2,1-5H3,(H2-,44,48,52,53,54,55,56,57)/t34-,38+,39+,40-,41?/m1/s1. The summed E-state index contributed by atoms with van der Waals surface area (Å²) in [6.45, 7) is 11.1. The molecule has 5 rings (SSSR count). The highest BCUT2D eigenvalue weighted by Crippen LogP contribution is 2.48. The Hall–Kier alpha value is -3.86. The minimum absolute atomic E-state index is 0.00219. The number of unbranched alkanes of at least 4 members (excludes halogenated alkanes) is 2. The molecular weight excluding hydrogens is 847 g/mol. The van der Waals surface area contributed by atoms with Gasteiger partial charge < -0.3 is 49.4 Å². The molecule has 0 aliphatic carbocycles. The molecule has 19 heteroatoms. The van der Waals surface area contributed by atoms with Crippen molar-refractivity contribution in [2.75, 3.05) is 51.0 Å². The van der Waals surface area contributed by atoms with Crippen LogP contribution in [0.25, 0.3) is 0 Å². The molecule has 0 saturated carbocycles. The molecule has 3 aliphatic rings. The zero-order chi connectivity index (χ0) is 45.6. The number of benzene rings is 2. The smallest absolute Gasteiger partial charge is 0.294 e. The van der Waals surface area contributed by atoms with Gasteiger partial charge in [-0.2, -0.15) is 13.0 Å². The van der Waals surface area contributed by atoms with E-state index in [2.05, 4.69) is 14.8 Å². The second-order valence-electron chi connectivity index (χ2n) is 16.5. The lowest BCUT2D eigenvalue weighted by Gasteiger charge is -2.39. The molecule has 1 fully saturated rings. The zero-order valence-corrected chi connectivity index (χ0v) is 37.3. The van der Waals surface area contributed by atoms with Crippen LogP contribution in [0.1, 0.15) is 71.4 Å². The first-order valence-electron chi connectivity index (χ1n) is 20.6. The molecule has 0 bridgehead atoms. The fourth-order valence-electron chi connectivity index (χ4n) is 8.18. The molecule has 3 heterocycles. The van der Waals surface area contributed by atoms with Crippen molar-refractivity contribution in [2.45, 2.75) is 112 Å². The lowest BCUT2D eigenvalue weighted by atomic mass is 9.81. The number of rotatable bonds is 20. The van der Waals surface area contributed by atoms with E-state index in [0.717, 1.165) is 46.8 Å². The van der Waals surface area contributed by atoms with E-state index in [-0.39, 0.29) is 42.1 Å². The number of likely N-dealkylation sites (N-methyl/N-ethyl adjacent to an activating group) is 1. The van der Waals surface area contributed by atoms with Gasteiger partial charge in [-0.1, -0.05) is 32.1 Å². The Morgan fingerprint density at radius 1 is 0.903 bits per heavy atom. The summed E-state index contributed by atoms with van der Waals surface area (Å²) >= 11 is 0. The normalized spacial score (nSPS) is 24.1. The molecule has 0 aromatic heterocycles. The number of nitrogens with one attached hydrogen (secondary N) is 1. The summed E-state index contributed by atoms with van der Waals surface area (Å²) in [6.07, 6.45) is 5.14. The van der Waals surface area contributed by atoms with E-state index < -0.39 is 68.4 Å². The van der Waals surface area contributed by atoms with Gasteiger partial charge in [-0.05, 0) is 75.6 Å². The minimum Gasteiger partial charge on any atom is -0.744 e. The fourth-order valence-corrected chi connectivity index (χ4v) is 9.18. The second kappa shape index (κ2) is 20.3. The quantitative estimate of drug-likeness (QED) is 0.0483. The third kappa shape index (κ3) is 11.1. The van der Waals surface area contributed by atoms with Crippen molar-refractivity contribution in [1.82, 2.24) is 5.32 Å². The number of fused-ring (bicyclic) bond motifs is 2. The van der Waals surface area contributed by atoms with Crippen LogP contribution < -0.4 is 10.2 Å². The number of hydrogen-bond acceptors (Lipinski definition) is 14. The summed E-state index contributed by atoms with van der Waals surface area (Å²) in [5.74, 6) is -0.138. The van der Waals surface area contributed by atoms with Crippen LogP contribution in [-0.2, 0) is 50.1 Å². The van der Waals surface area contributed by atoms with E-state index in [1.807, 2.05) is 65.0 Å². The number of nitrogens with zero attached hydrogens (tertiary/aromatic N) is 2. The Kier molecular flexibility index (Phi) is 16.1. The van der Waals surface area contributed by atoms with Gasteiger partial charge >= 0.3 is 0 Å². The largest absolute Gasteiger partial charge is 0.744 e. The maximum absolute atomic E-state index is 12.5.